The number of benzene rings is 2. The Morgan fingerprint density at radius 2 is 1.61 bits per heavy atom. The zero-order valence-electron chi connectivity index (χ0n) is 17.1. The highest BCUT2D eigenvalue weighted by molar-refractivity contribution is 7.89. The van der Waals surface area contributed by atoms with E-state index in [0.717, 1.165) is 12.1 Å². The lowest BCUT2D eigenvalue weighted by atomic mass is 10.00. The van der Waals surface area contributed by atoms with Crippen LogP contribution in [0.3, 0.4) is 0 Å². The lowest BCUT2D eigenvalue weighted by Crippen LogP contribution is -2.51. The van der Waals surface area contributed by atoms with Crippen molar-refractivity contribution >= 4 is 27.6 Å². The van der Waals surface area contributed by atoms with Gasteiger partial charge in [0, 0.05) is 13.0 Å². The van der Waals surface area contributed by atoms with E-state index in [1.807, 2.05) is 0 Å². The third-order valence-corrected chi connectivity index (χ3v) is 5.58. The van der Waals surface area contributed by atoms with Gasteiger partial charge in [-0.3, -0.25) is 19.7 Å². The van der Waals surface area contributed by atoms with E-state index in [1.54, 1.807) is 44.2 Å². The van der Waals surface area contributed by atoms with Gasteiger partial charge in [-0.05, 0) is 25.5 Å². The fraction of sp³-hybridized carbons (Fsp3) is 0.300. The molecule has 2 rings (SSSR count). The highest BCUT2D eigenvalue weighted by Crippen LogP contribution is 2.25. The minimum atomic E-state index is -4.55. The SMILES string of the molecule is CC(=O)N[C@@H](c1ccccc1)[C@@H](NS(=O)(=O)c1ccccc1[N+](=O)[O-])C(=O)OC(C)C. The monoisotopic (exact) mass is 449 g/mol. The lowest BCUT2D eigenvalue weighted by molar-refractivity contribution is -0.387. The van der Waals surface area contributed by atoms with Crippen LogP contribution in [0.1, 0.15) is 32.4 Å². The summed E-state index contributed by atoms with van der Waals surface area (Å²) in [5.41, 5.74) is -0.213. The molecule has 31 heavy (non-hydrogen) atoms. The zero-order valence-corrected chi connectivity index (χ0v) is 18.0. The van der Waals surface area contributed by atoms with Gasteiger partial charge < -0.3 is 10.1 Å². The third kappa shape index (κ3) is 6.33. The van der Waals surface area contributed by atoms with Crippen molar-refractivity contribution in [1.82, 2.24) is 10.0 Å². The van der Waals surface area contributed by atoms with Gasteiger partial charge in [0.2, 0.25) is 15.9 Å². The molecule has 0 radical (unpaired) electrons. The Bertz CT molecular complexity index is 1060. The van der Waals surface area contributed by atoms with E-state index in [2.05, 4.69) is 10.0 Å². The number of sulfonamides is 1. The number of rotatable bonds is 9. The first kappa shape index (κ1) is 24.0. The molecule has 0 aliphatic carbocycles. The first-order chi connectivity index (χ1) is 14.5. The number of hydrogen-bond acceptors (Lipinski definition) is 7. The number of amides is 1. The quantitative estimate of drug-likeness (QED) is 0.339. The number of esters is 1. The van der Waals surface area contributed by atoms with Crippen molar-refractivity contribution in [3.8, 4) is 0 Å². The summed E-state index contributed by atoms with van der Waals surface area (Å²) < 4.78 is 33.5. The molecular formula is C20H23N3O7S. The number of carbonyl (C=O) groups is 2. The molecule has 0 aliphatic heterocycles. The maximum absolute atomic E-state index is 13.0. The first-order valence-electron chi connectivity index (χ1n) is 9.31. The molecule has 0 heterocycles. The van der Waals surface area contributed by atoms with Gasteiger partial charge in [0.1, 0.15) is 6.04 Å². The second-order valence-electron chi connectivity index (χ2n) is 6.90. The van der Waals surface area contributed by atoms with Crippen LogP contribution in [0.2, 0.25) is 0 Å². The summed E-state index contributed by atoms with van der Waals surface area (Å²) in [7, 11) is -4.55. The summed E-state index contributed by atoms with van der Waals surface area (Å²) >= 11 is 0. The van der Waals surface area contributed by atoms with Gasteiger partial charge in [0.05, 0.1) is 17.1 Å². The van der Waals surface area contributed by atoms with E-state index in [-0.39, 0.29) is 0 Å². The number of nitrogens with one attached hydrogen (secondary N) is 2. The van der Waals surface area contributed by atoms with Gasteiger partial charge in [-0.25, -0.2) is 8.42 Å². The Kier molecular flexibility index (Phi) is 7.83. The second-order valence-corrected chi connectivity index (χ2v) is 8.58. The van der Waals surface area contributed by atoms with Crippen LogP contribution >= 0.6 is 0 Å². The van der Waals surface area contributed by atoms with Crippen LogP contribution in [0.5, 0.6) is 0 Å². The number of carbonyl (C=O) groups excluding carboxylic acids is 2. The topological polar surface area (TPSA) is 145 Å². The van der Waals surface area contributed by atoms with Gasteiger partial charge in [0.25, 0.3) is 5.69 Å². The van der Waals surface area contributed by atoms with Crippen molar-refractivity contribution in [2.24, 2.45) is 0 Å². The summed E-state index contributed by atoms with van der Waals surface area (Å²) in [6, 6.07) is 10.3. The zero-order chi connectivity index (χ0) is 23.2. The predicted octanol–water partition coefficient (Wildman–Crippen LogP) is 2.07. The number of nitro benzene ring substituents is 1. The van der Waals surface area contributed by atoms with E-state index in [0.29, 0.717) is 5.56 Å². The summed E-state index contributed by atoms with van der Waals surface area (Å²) in [6.45, 7) is 4.39. The molecule has 11 heteroatoms. The summed E-state index contributed by atoms with van der Waals surface area (Å²) in [5.74, 6) is -1.46. The molecule has 0 spiro atoms. The Morgan fingerprint density at radius 3 is 2.16 bits per heavy atom. The molecule has 2 N–H and O–H groups in total. The predicted molar refractivity (Wildman–Crippen MR) is 111 cm³/mol. The molecule has 2 aromatic carbocycles. The molecule has 10 nitrogen and oxygen atoms in total. The molecule has 2 aromatic rings. The van der Waals surface area contributed by atoms with E-state index in [9.17, 15) is 28.1 Å². The van der Waals surface area contributed by atoms with Crippen molar-refractivity contribution in [2.75, 3.05) is 0 Å². The molecule has 1 amide bonds. The van der Waals surface area contributed by atoms with E-state index in [4.69, 9.17) is 4.74 Å². The Hall–Kier alpha value is -3.31. The van der Waals surface area contributed by atoms with Gasteiger partial charge in [-0.2, -0.15) is 4.72 Å². The molecule has 0 saturated heterocycles. The maximum atomic E-state index is 13.0. The highest BCUT2D eigenvalue weighted by atomic mass is 32.2. The number of para-hydroxylation sites is 1. The molecule has 0 bridgehead atoms. The Morgan fingerprint density at radius 1 is 1.03 bits per heavy atom. The molecule has 0 aliphatic rings. The van der Waals surface area contributed by atoms with Gasteiger partial charge in [0.15, 0.2) is 4.90 Å². The number of hydrogen-bond donors (Lipinski definition) is 2. The smallest absolute Gasteiger partial charge is 0.326 e. The minimum Gasteiger partial charge on any atom is -0.462 e. The molecule has 0 aromatic heterocycles. The first-order valence-corrected chi connectivity index (χ1v) is 10.8. The number of nitro groups is 1. The van der Waals surface area contributed by atoms with Crippen molar-refractivity contribution < 1.29 is 27.7 Å². The van der Waals surface area contributed by atoms with Crippen LogP contribution < -0.4 is 10.0 Å². The largest absolute Gasteiger partial charge is 0.462 e. The molecule has 166 valence electrons. The van der Waals surface area contributed by atoms with Gasteiger partial charge in [-0.15, -0.1) is 0 Å². The summed E-state index contributed by atoms with van der Waals surface area (Å²) in [5, 5.41) is 13.9. The summed E-state index contributed by atoms with van der Waals surface area (Å²) in [6.07, 6.45) is -0.570. The van der Waals surface area contributed by atoms with E-state index >= 15 is 0 Å². The van der Waals surface area contributed by atoms with Crippen molar-refractivity contribution in [3.63, 3.8) is 0 Å². The average molecular weight is 449 g/mol. The number of ether oxygens (including phenoxy) is 1. The van der Waals surface area contributed by atoms with Gasteiger partial charge >= 0.3 is 5.97 Å². The maximum Gasteiger partial charge on any atom is 0.326 e. The van der Waals surface area contributed by atoms with Crippen LogP contribution in [0.4, 0.5) is 5.69 Å². The van der Waals surface area contributed by atoms with Crippen LogP contribution in [0.15, 0.2) is 59.5 Å². The van der Waals surface area contributed by atoms with E-state index in [1.165, 1.54) is 19.1 Å². The molecule has 2 atom stereocenters. The molecule has 0 unspecified atom stereocenters. The Labute approximate surface area is 179 Å². The summed E-state index contributed by atoms with van der Waals surface area (Å²) in [4.78, 5) is 34.5. The van der Waals surface area contributed by atoms with Crippen molar-refractivity contribution in [3.05, 3.63) is 70.3 Å². The van der Waals surface area contributed by atoms with Gasteiger partial charge in [-0.1, -0.05) is 42.5 Å². The molecular weight excluding hydrogens is 426 g/mol. The second kappa shape index (κ2) is 10.1. The standard InChI is InChI=1S/C20H23N3O7S/c1-13(2)30-20(25)19(18(21-14(3)24)15-9-5-4-6-10-15)22-31(28,29)17-12-8-7-11-16(17)23(26)27/h4-13,18-19,22H,1-3H3,(H,21,24)/t18-,19+/m0/s1. The average Bonchev–Trinajstić information content (AvgIpc) is 2.70. The van der Waals surface area contributed by atoms with Crippen molar-refractivity contribution in [1.29, 1.82) is 0 Å². The van der Waals surface area contributed by atoms with Crippen molar-refractivity contribution in [2.45, 2.75) is 43.9 Å². The molecule has 0 fully saturated rings. The number of nitrogens with zero attached hydrogens (tertiary/aromatic N) is 1. The highest BCUT2D eigenvalue weighted by Gasteiger charge is 2.38. The fourth-order valence-electron chi connectivity index (χ4n) is 2.86. The fourth-order valence-corrected chi connectivity index (χ4v) is 4.23. The minimum absolute atomic E-state index is 0.439. The van der Waals surface area contributed by atoms with Crippen LogP contribution in [0, 0.1) is 10.1 Å². The van der Waals surface area contributed by atoms with Crippen LogP contribution in [-0.2, 0) is 24.3 Å². The Balaban J connectivity index is 2.56. The van der Waals surface area contributed by atoms with Crippen LogP contribution in [-0.4, -0.2) is 37.4 Å². The molecule has 0 saturated carbocycles. The van der Waals surface area contributed by atoms with Crippen LogP contribution in [0.25, 0.3) is 0 Å². The third-order valence-electron chi connectivity index (χ3n) is 4.09. The lowest BCUT2D eigenvalue weighted by Gasteiger charge is -2.28. The van der Waals surface area contributed by atoms with E-state index < -0.39 is 55.6 Å². The normalized spacial score (nSPS) is 13.3.